The van der Waals surface area contributed by atoms with Crippen molar-refractivity contribution >= 4 is 65.4 Å². The fourth-order valence-corrected chi connectivity index (χ4v) is 9.24. The molecule has 0 spiro atoms. The van der Waals surface area contributed by atoms with Crippen LogP contribution in [0.1, 0.15) is 76.3 Å². The van der Waals surface area contributed by atoms with E-state index in [1.54, 1.807) is 11.0 Å². The number of carbonyl (C=O) groups is 1. The molecule has 3 atom stereocenters. The van der Waals surface area contributed by atoms with Crippen LogP contribution in [0.25, 0.3) is 0 Å². The summed E-state index contributed by atoms with van der Waals surface area (Å²) in [5.41, 5.74) is 6.11. The zero-order chi connectivity index (χ0) is 43.7. The van der Waals surface area contributed by atoms with Crippen LogP contribution in [0.5, 0.6) is 0 Å². The number of hydrogen-bond acceptors (Lipinski definition) is 7. The molecule has 1 unspecified atom stereocenters. The molecule has 14 heteroatoms. The molecule has 3 fully saturated rings. The van der Waals surface area contributed by atoms with Gasteiger partial charge in [-0.25, -0.2) is 13.8 Å². The Morgan fingerprint density at radius 2 is 1.78 bits per heavy atom. The Kier molecular flexibility index (Phi) is 13.5. The first-order valence-electron chi connectivity index (χ1n) is 20.4. The fraction of sp³-hybridized carbons (Fsp3) is 0.413. The molecule has 2 aromatic carbocycles. The number of thiocarbonyl (C=S) groups is 1. The average molecular weight is 851 g/mol. The number of alkyl halides is 2. The Bertz CT molecular complexity index is 2240. The largest absolute Gasteiger partial charge is 0.377 e. The van der Waals surface area contributed by atoms with Gasteiger partial charge in [0.15, 0.2) is 13.0 Å². The van der Waals surface area contributed by atoms with Crippen LogP contribution in [0.4, 0.5) is 31.5 Å². The van der Waals surface area contributed by atoms with E-state index in [4.69, 9.17) is 38.1 Å². The van der Waals surface area contributed by atoms with Crippen molar-refractivity contribution in [2.24, 2.45) is 0 Å². The number of nitrogens with zero attached hydrogens (tertiary/aromatic N) is 5. The molecule has 3 aliphatic rings. The zero-order valence-corrected chi connectivity index (χ0v) is 36.7. The zero-order valence-electron chi connectivity index (χ0n) is 35.2. The molecule has 1 amide bonds. The van der Waals surface area contributed by atoms with Crippen molar-refractivity contribution in [2.75, 3.05) is 46.6 Å². The van der Waals surface area contributed by atoms with Gasteiger partial charge in [0, 0.05) is 69.9 Å². The Hall–Kier alpha value is -4.74. The smallest absolute Gasteiger partial charge is 0.238 e. The van der Waals surface area contributed by atoms with Crippen molar-refractivity contribution in [3.05, 3.63) is 113 Å². The summed E-state index contributed by atoms with van der Waals surface area (Å²) in [4.78, 5) is 25.8. The molecule has 0 saturated carbocycles. The normalized spacial score (nSPS) is 21.2. The van der Waals surface area contributed by atoms with E-state index in [2.05, 4.69) is 95.4 Å². The lowest BCUT2D eigenvalue weighted by Crippen LogP contribution is -2.57. The second-order valence-corrected chi connectivity index (χ2v) is 17.4. The first kappa shape index (κ1) is 44.8. The minimum atomic E-state index is -3.68. The number of rotatable bonds is 13. The number of aryl methyl sites for hydroxylation is 2. The number of carbonyl (C=O) groups excluding carboxylic acids is 1. The van der Waals surface area contributed by atoms with Crippen LogP contribution in [0.2, 0.25) is 5.02 Å². The van der Waals surface area contributed by atoms with Crippen molar-refractivity contribution in [1.82, 2.24) is 20.1 Å². The number of halogens is 3. The number of nitrogens with one attached hydrogen (secondary N) is 3. The van der Waals surface area contributed by atoms with Gasteiger partial charge in [0.2, 0.25) is 11.7 Å². The van der Waals surface area contributed by atoms with E-state index in [1.807, 2.05) is 30.9 Å². The minimum Gasteiger partial charge on any atom is -0.377 e. The highest BCUT2D eigenvalue weighted by atomic mass is 35.5. The molecule has 0 aliphatic carbocycles. The van der Waals surface area contributed by atoms with E-state index in [0.29, 0.717) is 27.2 Å². The summed E-state index contributed by atoms with van der Waals surface area (Å²) in [6, 6.07) is 13.6. The van der Waals surface area contributed by atoms with E-state index in [1.165, 1.54) is 23.4 Å². The monoisotopic (exact) mass is 850 g/mol. The van der Waals surface area contributed by atoms with Gasteiger partial charge in [0.05, 0.1) is 30.0 Å². The van der Waals surface area contributed by atoms with Gasteiger partial charge in [-0.05, 0) is 132 Å². The summed E-state index contributed by atoms with van der Waals surface area (Å²) < 4.78 is 28.7. The topological polar surface area (TPSA) is 79.0 Å². The predicted octanol–water partition coefficient (Wildman–Crippen LogP) is 8.56. The van der Waals surface area contributed by atoms with Gasteiger partial charge < -0.3 is 20.9 Å². The van der Waals surface area contributed by atoms with Crippen LogP contribution in [0.3, 0.4) is 0 Å². The Morgan fingerprint density at radius 1 is 1.08 bits per heavy atom. The van der Waals surface area contributed by atoms with Crippen molar-refractivity contribution in [1.29, 1.82) is 0 Å². The van der Waals surface area contributed by atoms with Crippen molar-refractivity contribution in [3.8, 4) is 12.3 Å². The number of benzene rings is 2. The molecular weight excluding hydrogens is 797 g/mol. The van der Waals surface area contributed by atoms with Crippen LogP contribution in [0, 0.1) is 12.3 Å². The molecule has 3 N–H and O–H groups in total. The van der Waals surface area contributed by atoms with Gasteiger partial charge >= 0.3 is 0 Å². The number of terminal acetylenes is 1. The summed E-state index contributed by atoms with van der Waals surface area (Å²) in [7, 11) is 5.17. The number of pyridine rings is 1. The third-order valence-corrected chi connectivity index (χ3v) is 12.5. The highest BCUT2D eigenvalue weighted by molar-refractivity contribution is 7.80. The van der Waals surface area contributed by atoms with E-state index in [0.717, 1.165) is 74.5 Å². The average Bonchev–Trinajstić information content (AvgIpc) is 3.35. The third kappa shape index (κ3) is 9.73. The van der Waals surface area contributed by atoms with E-state index >= 15 is 0 Å². The molecule has 6 rings (SSSR count). The Labute approximate surface area is 365 Å². The molecule has 3 aromatic rings. The number of hydrogen-bond donors (Lipinski definition) is 3. The van der Waals surface area contributed by atoms with Crippen LogP contribution >= 0.6 is 23.8 Å². The Balaban J connectivity index is 1.04. The quantitative estimate of drug-likeness (QED) is 0.0892. The number of amides is 1. The molecular formula is C46H54BClF2N8OS. The van der Waals surface area contributed by atoms with Gasteiger partial charge in [-0.1, -0.05) is 44.3 Å². The number of piperidine rings is 1. The van der Waals surface area contributed by atoms with Gasteiger partial charge in [0.1, 0.15) is 5.69 Å². The lowest BCUT2D eigenvalue weighted by atomic mass is 9.89. The first-order chi connectivity index (χ1) is 28.3. The molecule has 0 bridgehead atoms. The molecule has 2 radical (unpaired) electrons. The lowest BCUT2D eigenvalue weighted by Gasteiger charge is -2.44. The standard InChI is InChI=1S/C46H54BClF2N8OS/c1-10-33-19-38(58-44(60)57(32(7)45(58,8)9)39-23-40(46(47,49)50)41(11-2)51-24-39)16-15-34(33)13-12-18-55-25-30(5)56(26-29(55)4)27-43(59)54-37-21-35(48)20-36(22-37)53-42-17-14-28(3)52-31(42)6/h2,15-16,19-24,29-30,42,52-53H,3,6-7,10,12-14,17-18,25-27H2,1,4-5,8-9H3,(H,54,59)/t29-,30-,42?/m1/s1. The van der Waals surface area contributed by atoms with Crippen LogP contribution < -0.4 is 25.8 Å². The summed E-state index contributed by atoms with van der Waals surface area (Å²) in [6.45, 7) is 25.8. The van der Waals surface area contributed by atoms with Gasteiger partial charge in [0.25, 0.3) is 0 Å². The molecule has 3 aliphatic heterocycles. The molecule has 9 nitrogen and oxygen atoms in total. The SMILES string of the molecule is [B]C(F)(F)c1cc(N2C(=C)C(C)(C)N(c3ccc(CCCN4C[C@@H](C)N(CC(=O)Nc5cc(Cl)cc(NC6CCC(=C)NC6=C)c5)C[C@H]4C)c(CC)c3)C2=S)cnc1C#C. The maximum Gasteiger partial charge on any atom is 0.238 e. The second kappa shape index (κ2) is 18.1. The van der Waals surface area contributed by atoms with Crippen LogP contribution in [0.15, 0.2) is 85.5 Å². The van der Waals surface area contributed by atoms with Gasteiger partial charge in [-0.15, -0.1) is 6.42 Å². The second-order valence-electron chi connectivity index (χ2n) is 16.6. The third-order valence-electron chi connectivity index (χ3n) is 11.9. The van der Waals surface area contributed by atoms with Gasteiger partial charge in [-0.3, -0.25) is 19.5 Å². The maximum atomic E-state index is 14.3. The molecule has 1 aromatic heterocycles. The number of aromatic nitrogens is 1. The lowest BCUT2D eigenvalue weighted by molar-refractivity contribution is -0.118. The van der Waals surface area contributed by atoms with Crippen LogP contribution in [-0.2, 0) is 23.5 Å². The van der Waals surface area contributed by atoms with Crippen molar-refractivity contribution < 1.29 is 13.6 Å². The van der Waals surface area contributed by atoms with Crippen molar-refractivity contribution in [3.63, 3.8) is 0 Å². The minimum absolute atomic E-state index is 0.0335. The molecule has 314 valence electrons. The molecule has 3 saturated heterocycles. The summed E-state index contributed by atoms with van der Waals surface area (Å²) in [6.07, 6.45) is 11.3. The predicted molar refractivity (Wildman–Crippen MR) is 247 cm³/mol. The highest BCUT2D eigenvalue weighted by Gasteiger charge is 2.46. The van der Waals surface area contributed by atoms with E-state index in [9.17, 15) is 13.6 Å². The van der Waals surface area contributed by atoms with E-state index in [-0.39, 0.29) is 36.3 Å². The van der Waals surface area contributed by atoms with E-state index < -0.39 is 16.9 Å². The summed E-state index contributed by atoms with van der Waals surface area (Å²) >= 11 is 12.4. The highest BCUT2D eigenvalue weighted by Crippen LogP contribution is 2.43. The maximum absolute atomic E-state index is 14.3. The number of allylic oxidation sites excluding steroid dienone is 1. The first-order valence-corrected chi connectivity index (χ1v) is 21.2. The Morgan fingerprint density at radius 3 is 2.47 bits per heavy atom. The van der Waals surface area contributed by atoms with Crippen molar-refractivity contribution in [2.45, 2.75) is 96.2 Å². The number of anilines is 4. The summed E-state index contributed by atoms with van der Waals surface area (Å²) in [5.74, 6) is -1.57. The fourth-order valence-electron chi connectivity index (χ4n) is 8.46. The van der Waals surface area contributed by atoms with Crippen LogP contribution in [-0.4, -0.2) is 83.5 Å². The molecule has 4 heterocycles. The number of piperazine rings is 1. The van der Waals surface area contributed by atoms with Gasteiger partial charge in [-0.2, -0.15) is 0 Å². The summed E-state index contributed by atoms with van der Waals surface area (Å²) in [5, 5.41) is 10.7. The molecule has 60 heavy (non-hydrogen) atoms.